The number of rotatable bonds is 3. The van der Waals surface area contributed by atoms with Gasteiger partial charge in [0.25, 0.3) is 0 Å². The number of fused-ring (bicyclic) bond motifs is 14. The summed E-state index contributed by atoms with van der Waals surface area (Å²) in [4.78, 5) is 5.24. The van der Waals surface area contributed by atoms with Crippen molar-refractivity contribution >= 4 is 79.3 Å². The molecule has 0 saturated heterocycles. The van der Waals surface area contributed by atoms with Gasteiger partial charge in [0.1, 0.15) is 22.4 Å². The molecule has 0 saturated carbocycles. The molecule has 4 heterocycles. The van der Waals surface area contributed by atoms with Crippen LogP contribution in [0.2, 0.25) is 0 Å². The highest BCUT2D eigenvalue weighted by molar-refractivity contribution is 6.93. The number of anilines is 5. The minimum atomic E-state index is -0.360. The van der Waals surface area contributed by atoms with Crippen LogP contribution in [0.5, 0.6) is 0 Å². The molecule has 4 aliphatic rings. The number of para-hydroxylation sites is 1. The molecule has 0 spiro atoms. The zero-order chi connectivity index (χ0) is 51.2. The van der Waals surface area contributed by atoms with E-state index in [9.17, 15) is 0 Å². The predicted molar refractivity (Wildman–Crippen MR) is 313 cm³/mol. The van der Waals surface area contributed by atoms with Gasteiger partial charge in [0.05, 0.1) is 11.4 Å². The first-order valence-electron chi connectivity index (χ1n) is 27.0. The topological polar surface area (TPSA) is 32.8 Å². The molecular formula is C69H65BN2O2. The Kier molecular flexibility index (Phi) is 9.18. The lowest BCUT2D eigenvalue weighted by molar-refractivity contribution is 0.332. The van der Waals surface area contributed by atoms with Gasteiger partial charge in [-0.15, -0.1) is 0 Å². The van der Waals surface area contributed by atoms with Crippen molar-refractivity contribution in [3.05, 3.63) is 185 Å². The van der Waals surface area contributed by atoms with Gasteiger partial charge in [0.15, 0.2) is 0 Å². The van der Waals surface area contributed by atoms with Crippen molar-refractivity contribution in [2.45, 2.75) is 123 Å². The van der Waals surface area contributed by atoms with Crippen molar-refractivity contribution in [2.24, 2.45) is 0 Å². The second-order valence-electron chi connectivity index (χ2n) is 26.0. The van der Waals surface area contributed by atoms with E-state index in [4.69, 9.17) is 8.83 Å². The van der Waals surface area contributed by atoms with Gasteiger partial charge in [-0.05, 0) is 151 Å². The molecule has 8 aromatic carbocycles. The van der Waals surface area contributed by atoms with Gasteiger partial charge in [-0.3, -0.25) is 0 Å². The quantitative estimate of drug-likeness (QED) is 0.165. The number of furan rings is 2. The molecule has 4 nitrogen and oxygen atoms in total. The first kappa shape index (κ1) is 45.4. The smallest absolute Gasteiger partial charge is 0.376 e. The van der Waals surface area contributed by atoms with Crippen LogP contribution >= 0.6 is 0 Å². The molecule has 2 aliphatic heterocycles. The van der Waals surface area contributed by atoms with Crippen LogP contribution in [0.1, 0.15) is 129 Å². The summed E-state index contributed by atoms with van der Waals surface area (Å²) in [5, 5.41) is 3.36. The Morgan fingerprint density at radius 1 is 0.473 bits per heavy atom. The number of benzene rings is 8. The van der Waals surface area contributed by atoms with Gasteiger partial charge in [0, 0.05) is 55.3 Å². The molecule has 0 radical (unpaired) electrons. The first-order valence-corrected chi connectivity index (χ1v) is 27.0. The van der Waals surface area contributed by atoms with Gasteiger partial charge in [-0.25, -0.2) is 0 Å². The Morgan fingerprint density at radius 3 is 1.86 bits per heavy atom. The average molecular weight is 965 g/mol. The van der Waals surface area contributed by atoms with Gasteiger partial charge in [-0.1, -0.05) is 174 Å². The summed E-state index contributed by atoms with van der Waals surface area (Å²) >= 11 is 0. The van der Waals surface area contributed by atoms with Gasteiger partial charge < -0.3 is 18.5 Å². The van der Waals surface area contributed by atoms with Crippen LogP contribution in [0.25, 0.3) is 66.3 Å². The summed E-state index contributed by atoms with van der Waals surface area (Å²) in [6.45, 7) is 28.0. The molecule has 0 bridgehead atoms. The molecule has 0 N–H and O–H groups in total. The SMILES string of the molecule is CC(C)(C)c1ccc(N2B3c4oc5cc6c(cc5c4N(c4ccc(C(C)(C)C)cc4-c4ccccc4)c4cc5c(oc7ccccc75)c(c43)-c3cc4c(cc32)C(C)(C)c2ccccc2-4)C(C)(C)CCC6(C)C)cc1. The summed E-state index contributed by atoms with van der Waals surface area (Å²) < 4.78 is 15.1. The molecule has 2 aliphatic carbocycles. The van der Waals surface area contributed by atoms with Crippen molar-refractivity contribution in [3.8, 4) is 33.4 Å². The minimum absolute atomic E-state index is 0.00761. The zero-order valence-corrected chi connectivity index (χ0v) is 45.1. The Balaban J connectivity index is 1.19. The van der Waals surface area contributed by atoms with E-state index in [0.29, 0.717) is 0 Å². The highest BCUT2D eigenvalue weighted by atomic mass is 16.3. The van der Waals surface area contributed by atoms with Crippen LogP contribution in [0.15, 0.2) is 160 Å². The van der Waals surface area contributed by atoms with E-state index in [0.717, 1.165) is 91.0 Å². The van der Waals surface area contributed by atoms with Crippen LogP contribution in [-0.4, -0.2) is 6.85 Å². The Labute approximate surface area is 437 Å². The van der Waals surface area contributed by atoms with Crippen molar-refractivity contribution in [3.63, 3.8) is 0 Å². The summed E-state index contributed by atoms with van der Waals surface area (Å²) in [6.07, 6.45) is 2.24. The van der Waals surface area contributed by atoms with E-state index in [-0.39, 0.29) is 33.9 Å². The van der Waals surface area contributed by atoms with Gasteiger partial charge in [-0.2, -0.15) is 0 Å². The monoisotopic (exact) mass is 965 g/mol. The normalized spacial score (nSPS) is 16.8. The summed E-state index contributed by atoms with van der Waals surface area (Å²) in [5.41, 5.74) is 25.5. The van der Waals surface area contributed by atoms with Gasteiger partial charge >= 0.3 is 6.85 Å². The molecule has 0 amide bonds. The molecule has 10 aromatic rings. The first-order chi connectivity index (χ1) is 35.2. The lowest BCUT2D eigenvalue weighted by Gasteiger charge is -2.44. The number of hydrogen-bond acceptors (Lipinski definition) is 4. The van der Waals surface area contributed by atoms with Crippen LogP contribution in [0.3, 0.4) is 0 Å². The van der Waals surface area contributed by atoms with Crippen molar-refractivity contribution in [1.29, 1.82) is 0 Å². The van der Waals surface area contributed by atoms with Crippen molar-refractivity contribution in [1.82, 2.24) is 0 Å². The predicted octanol–water partition coefficient (Wildman–Crippen LogP) is 18.0. The Hall–Kier alpha value is -7.24. The molecule has 74 heavy (non-hydrogen) atoms. The molecule has 0 unspecified atom stereocenters. The second-order valence-corrected chi connectivity index (χ2v) is 26.0. The summed E-state index contributed by atoms with van der Waals surface area (Å²) in [7, 11) is 0. The third-order valence-electron chi connectivity index (χ3n) is 18.0. The highest BCUT2D eigenvalue weighted by Gasteiger charge is 2.52. The van der Waals surface area contributed by atoms with E-state index in [1.165, 1.54) is 61.1 Å². The minimum Gasteiger partial charge on any atom is -0.466 e. The van der Waals surface area contributed by atoms with Crippen molar-refractivity contribution < 1.29 is 8.83 Å². The average Bonchev–Trinajstić information content (AvgIpc) is 4.06. The molecule has 366 valence electrons. The van der Waals surface area contributed by atoms with Crippen molar-refractivity contribution in [2.75, 3.05) is 9.71 Å². The standard InChI is InChI=1S/C69H65BN2O2/c1-65(2,3)41-26-29-43(30-27-41)72-56-38-52-47(44-22-16-18-24-51(44)69(52,11)12)35-49(56)60-61-57(37-48-45-23-17-19-25-58(45)73-63(48)60)71(55-31-28-42(66(4,5)6)34-46(55)40-20-14-13-15-21-40)62-50-36-53-54(39-59(50)74-64(62)70(61)72)68(9,10)33-32-67(53,7)8/h13-31,34-39H,32-33H2,1-12H3. The molecular weight excluding hydrogens is 900 g/mol. The fourth-order valence-corrected chi connectivity index (χ4v) is 13.6. The van der Waals surface area contributed by atoms with Crippen LogP contribution in [0, 0.1) is 0 Å². The Morgan fingerprint density at radius 2 is 1.14 bits per heavy atom. The summed E-state index contributed by atoms with van der Waals surface area (Å²) in [6, 6.07) is 57.8. The Bertz CT molecular complexity index is 4020. The van der Waals surface area contributed by atoms with Gasteiger partial charge in [0.2, 0.25) is 0 Å². The molecule has 0 fully saturated rings. The zero-order valence-electron chi connectivity index (χ0n) is 45.1. The molecule has 14 rings (SSSR count). The lowest BCUT2D eigenvalue weighted by Crippen LogP contribution is -2.61. The van der Waals surface area contributed by atoms with Crippen LogP contribution in [0.4, 0.5) is 28.4 Å². The third kappa shape index (κ3) is 6.28. The summed E-state index contributed by atoms with van der Waals surface area (Å²) in [5.74, 6) is 0. The van der Waals surface area contributed by atoms with E-state index in [1.807, 2.05) is 0 Å². The highest BCUT2D eigenvalue weighted by Crippen LogP contribution is 2.58. The maximum absolute atomic E-state index is 7.83. The molecule has 2 aromatic heterocycles. The van der Waals surface area contributed by atoms with E-state index < -0.39 is 0 Å². The fourth-order valence-electron chi connectivity index (χ4n) is 13.6. The fraction of sp³-hybridized carbons (Fsp3) is 0.275. The van der Waals surface area contributed by atoms with Crippen LogP contribution in [-0.2, 0) is 27.1 Å². The van der Waals surface area contributed by atoms with E-state index in [2.05, 4.69) is 244 Å². The molecule has 0 atom stereocenters. The third-order valence-corrected chi connectivity index (χ3v) is 18.0. The van der Waals surface area contributed by atoms with E-state index >= 15 is 0 Å². The molecule has 5 heteroatoms. The largest absolute Gasteiger partial charge is 0.466 e. The van der Waals surface area contributed by atoms with Crippen LogP contribution < -0.4 is 20.8 Å². The number of hydrogen-bond donors (Lipinski definition) is 0. The lowest BCUT2D eigenvalue weighted by atomic mass is 9.45. The maximum atomic E-state index is 7.83. The number of nitrogens with zero attached hydrogens (tertiary/aromatic N) is 2. The second kappa shape index (κ2) is 15.0. The maximum Gasteiger partial charge on any atom is 0.376 e. The van der Waals surface area contributed by atoms with E-state index in [1.54, 1.807) is 0 Å².